The van der Waals surface area contributed by atoms with Gasteiger partial charge in [0.05, 0.1) is 12.3 Å². The van der Waals surface area contributed by atoms with E-state index in [1.54, 1.807) is 6.07 Å². The molecule has 0 aliphatic heterocycles. The van der Waals surface area contributed by atoms with Gasteiger partial charge in [0.15, 0.2) is 5.76 Å². The second-order valence-corrected chi connectivity index (χ2v) is 2.71. The fourth-order valence-electron chi connectivity index (χ4n) is 0.702. The molecule has 0 aromatic carbocycles. The van der Waals surface area contributed by atoms with Gasteiger partial charge in [-0.1, -0.05) is 0 Å². The lowest BCUT2D eigenvalue weighted by Crippen LogP contribution is -2.48. The largest absolute Gasteiger partial charge is 0.459 e. The quantitative estimate of drug-likeness (QED) is 0.617. The molecule has 1 heterocycles. The molecule has 0 aliphatic carbocycles. The lowest BCUT2D eigenvalue weighted by molar-refractivity contribution is -0.122. The van der Waals surface area contributed by atoms with Crippen LogP contribution in [0.25, 0.3) is 0 Å². The summed E-state index contributed by atoms with van der Waals surface area (Å²) in [6, 6.07) is 2.38. The van der Waals surface area contributed by atoms with E-state index in [0.29, 0.717) is 0 Å². The van der Waals surface area contributed by atoms with Crippen LogP contribution in [-0.4, -0.2) is 17.9 Å². The Morgan fingerprint density at radius 1 is 1.47 bits per heavy atom. The van der Waals surface area contributed by atoms with Crippen molar-refractivity contribution in [1.29, 1.82) is 0 Å². The minimum atomic E-state index is -0.674. The highest BCUT2D eigenvalue weighted by atomic mass is 35.5. The summed E-state index contributed by atoms with van der Waals surface area (Å²) in [6.45, 7) is 1.51. The molecule has 1 rings (SSSR count). The zero-order valence-electron chi connectivity index (χ0n) is 8.02. The summed E-state index contributed by atoms with van der Waals surface area (Å²) in [6.07, 6.45) is 1.36. The molecule has 0 saturated carbocycles. The zero-order chi connectivity index (χ0) is 10.6. The summed E-state index contributed by atoms with van der Waals surface area (Å²) in [5.41, 5.74) is 9.55. The maximum Gasteiger partial charge on any atom is 0.305 e. The van der Waals surface area contributed by atoms with Crippen molar-refractivity contribution >= 4 is 24.2 Å². The molecule has 0 radical (unpaired) electrons. The van der Waals surface area contributed by atoms with Crippen molar-refractivity contribution in [2.75, 3.05) is 0 Å². The third kappa shape index (κ3) is 4.01. The van der Waals surface area contributed by atoms with E-state index in [2.05, 4.69) is 10.9 Å². The number of carbonyl (C=O) groups excluding carboxylic acids is 2. The fraction of sp³-hybridized carbons (Fsp3) is 0.250. The molecule has 1 atom stereocenters. The molecule has 4 N–H and O–H groups in total. The maximum atomic E-state index is 11.2. The van der Waals surface area contributed by atoms with E-state index in [4.69, 9.17) is 10.2 Å². The number of rotatable bonds is 2. The van der Waals surface area contributed by atoms with Crippen LogP contribution in [0.3, 0.4) is 0 Å². The smallest absolute Gasteiger partial charge is 0.305 e. The predicted octanol–water partition coefficient (Wildman–Crippen LogP) is -0.190. The van der Waals surface area contributed by atoms with Crippen LogP contribution in [0.2, 0.25) is 0 Å². The molecule has 0 aliphatic rings. The van der Waals surface area contributed by atoms with Gasteiger partial charge in [-0.15, -0.1) is 12.4 Å². The average Bonchev–Trinajstić information content (AvgIpc) is 2.66. The SMILES string of the molecule is CC(N)C(=O)NNC(=O)c1ccco1.Cl. The van der Waals surface area contributed by atoms with Crippen LogP contribution in [0.5, 0.6) is 0 Å². The molecule has 7 heteroatoms. The van der Waals surface area contributed by atoms with E-state index in [-0.39, 0.29) is 18.2 Å². The van der Waals surface area contributed by atoms with Crippen molar-refractivity contribution in [1.82, 2.24) is 10.9 Å². The summed E-state index contributed by atoms with van der Waals surface area (Å²) < 4.78 is 4.79. The molecule has 84 valence electrons. The van der Waals surface area contributed by atoms with Gasteiger partial charge in [0.1, 0.15) is 0 Å². The first-order chi connectivity index (χ1) is 6.61. The molecule has 0 saturated heterocycles. The first-order valence-corrected chi connectivity index (χ1v) is 4.00. The van der Waals surface area contributed by atoms with E-state index in [9.17, 15) is 9.59 Å². The number of hydrogen-bond donors (Lipinski definition) is 3. The van der Waals surface area contributed by atoms with Gasteiger partial charge >= 0.3 is 5.91 Å². The van der Waals surface area contributed by atoms with Crippen molar-refractivity contribution in [3.05, 3.63) is 24.2 Å². The number of nitrogens with two attached hydrogens (primary N) is 1. The van der Waals surface area contributed by atoms with Gasteiger partial charge < -0.3 is 10.2 Å². The average molecular weight is 234 g/mol. The lowest BCUT2D eigenvalue weighted by Gasteiger charge is -2.07. The van der Waals surface area contributed by atoms with Crippen molar-refractivity contribution in [3.63, 3.8) is 0 Å². The molecule has 15 heavy (non-hydrogen) atoms. The lowest BCUT2D eigenvalue weighted by atomic mass is 10.3. The third-order valence-corrected chi connectivity index (χ3v) is 1.46. The van der Waals surface area contributed by atoms with Gasteiger partial charge in [-0.2, -0.15) is 0 Å². The van der Waals surface area contributed by atoms with Crippen LogP contribution in [0, 0.1) is 0 Å². The van der Waals surface area contributed by atoms with Crippen molar-refractivity contribution in [3.8, 4) is 0 Å². The standard InChI is InChI=1S/C8H11N3O3.ClH/c1-5(9)7(12)10-11-8(13)6-3-2-4-14-6;/h2-5H,9H2,1H3,(H,10,12)(H,11,13);1H. The molecular weight excluding hydrogens is 222 g/mol. The Morgan fingerprint density at radius 2 is 2.13 bits per heavy atom. The highest BCUT2D eigenvalue weighted by molar-refractivity contribution is 5.93. The van der Waals surface area contributed by atoms with E-state index < -0.39 is 17.9 Å². The Morgan fingerprint density at radius 3 is 2.60 bits per heavy atom. The molecule has 6 nitrogen and oxygen atoms in total. The molecule has 1 unspecified atom stereocenters. The number of halogens is 1. The van der Waals surface area contributed by atoms with Crippen molar-refractivity contribution in [2.45, 2.75) is 13.0 Å². The van der Waals surface area contributed by atoms with Crippen molar-refractivity contribution < 1.29 is 14.0 Å². The molecule has 0 spiro atoms. The first-order valence-electron chi connectivity index (χ1n) is 4.00. The molecule has 2 amide bonds. The summed E-state index contributed by atoms with van der Waals surface area (Å²) in [7, 11) is 0. The highest BCUT2D eigenvalue weighted by Gasteiger charge is 2.11. The Bertz CT molecular complexity index is 324. The van der Waals surface area contributed by atoms with E-state index in [0.717, 1.165) is 0 Å². The normalized spacial score (nSPS) is 11.1. The minimum Gasteiger partial charge on any atom is -0.459 e. The predicted molar refractivity (Wildman–Crippen MR) is 55.2 cm³/mol. The molecule has 1 aromatic rings. The van der Waals surface area contributed by atoms with Crippen LogP contribution < -0.4 is 16.6 Å². The summed E-state index contributed by atoms with van der Waals surface area (Å²) >= 11 is 0. The summed E-state index contributed by atoms with van der Waals surface area (Å²) in [5.74, 6) is -0.871. The summed E-state index contributed by atoms with van der Waals surface area (Å²) in [4.78, 5) is 22.1. The minimum absolute atomic E-state index is 0. The number of hydrogen-bond acceptors (Lipinski definition) is 4. The number of hydrazine groups is 1. The van der Waals surface area contributed by atoms with Crippen LogP contribution >= 0.6 is 12.4 Å². The number of furan rings is 1. The Hall–Kier alpha value is -1.53. The van der Waals surface area contributed by atoms with E-state index in [1.165, 1.54) is 19.3 Å². The number of carbonyl (C=O) groups is 2. The van der Waals surface area contributed by atoms with Crippen molar-refractivity contribution in [2.24, 2.45) is 5.73 Å². The van der Waals surface area contributed by atoms with Gasteiger partial charge in [-0.25, -0.2) is 0 Å². The highest BCUT2D eigenvalue weighted by Crippen LogP contribution is 1.97. The van der Waals surface area contributed by atoms with Gasteiger partial charge in [-0.3, -0.25) is 20.4 Å². The van der Waals surface area contributed by atoms with Crippen LogP contribution in [-0.2, 0) is 4.79 Å². The maximum absolute atomic E-state index is 11.2. The van der Waals surface area contributed by atoms with E-state index >= 15 is 0 Å². The van der Waals surface area contributed by atoms with E-state index in [1.807, 2.05) is 0 Å². The second-order valence-electron chi connectivity index (χ2n) is 2.71. The molecule has 1 aromatic heterocycles. The topological polar surface area (TPSA) is 97.4 Å². The Kier molecular flexibility index (Phi) is 5.43. The molecular formula is C8H12ClN3O3. The number of amides is 2. The van der Waals surface area contributed by atoms with Gasteiger partial charge in [0.2, 0.25) is 0 Å². The van der Waals surface area contributed by atoms with Crippen LogP contribution in [0.4, 0.5) is 0 Å². The molecule has 0 bridgehead atoms. The fourth-order valence-corrected chi connectivity index (χ4v) is 0.702. The second kappa shape index (κ2) is 6.05. The zero-order valence-corrected chi connectivity index (χ0v) is 8.84. The Balaban J connectivity index is 0.00000196. The van der Waals surface area contributed by atoms with Crippen LogP contribution in [0.15, 0.2) is 22.8 Å². The Labute approximate surface area is 92.6 Å². The first kappa shape index (κ1) is 13.5. The number of nitrogens with one attached hydrogen (secondary N) is 2. The monoisotopic (exact) mass is 233 g/mol. The van der Waals surface area contributed by atoms with Gasteiger partial charge in [0, 0.05) is 0 Å². The van der Waals surface area contributed by atoms with Gasteiger partial charge in [0.25, 0.3) is 5.91 Å². The molecule has 0 fully saturated rings. The summed E-state index contributed by atoms with van der Waals surface area (Å²) in [5, 5.41) is 0. The van der Waals surface area contributed by atoms with Gasteiger partial charge in [-0.05, 0) is 19.1 Å². The van der Waals surface area contributed by atoms with Crippen LogP contribution in [0.1, 0.15) is 17.5 Å². The third-order valence-electron chi connectivity index (χ3n) is 1.46.